The molecule has 0 spiro atoms. The third kappa shape index (κ3) is 2.89. The van der Waals surface area contributed by atoms with Crippen LogP contribution < -0.4 is 0 Å². The highest BCUT2D eigenvalue weighted by Gasteiger charge is 2.46. The zero-order valence-electron chi connectivity index (χ0n) is 11.7. The molecule has 19 heavy (non-hydrogen) atoms. The zero-order chi connectivity index (χ0) is 14.0. The molecule has 1 saturated heterocycles. The van der Waals surface area contributed by atoms with Crippen LogP contribution in [0.15, 0.2) is 30.3 Å². The largest absolute Gasteiger partial charge is 0.445 e. The van der Waals surface area contributed by atoms with Gasteiger partial charge >= 0.3 is 6.09 Å². The Hall–Kier alpha value is -1.55. The number of likely N-dealkylation sites (tertiary alicyclic amines) is 1. The maximum Gasteiger partial charge on any atom is 0.410 e. The number of carbonyl (C=O) groups is 1. The molecular weight excluding hydrogens is 242 g/mol. The van der Waals surface area contributed by atoms with Gasteiger partial charge in [-0.3, -0.25) is 4.90 Å². The maximum absolute atomic E-state index is 12.1. The van der Waals surface area contributed by atoms with Gasteiger partial charge < -0.3 is 9.84 Å². The van der Waals surface area contributed by atoms with Crippen LogP contribution in [0.4, 0.5) is 4.79 Å². The van der Waals surface area contributed by atoms with Crippen molar-refractivity contribution < 1.29 is 14.6 Å². The Kier molecular flexibility index (Phi) is 3.80. The monoisotopic (exact) mass is 263 g/mol. The van der Waals surface area contributed by atoms with E-state index in [1.807, 2.05) is 44.2 Å². The molecule has 0 radical (unpaired) electrons. The summed E-state index contributed by atoms with van der Waals surface area (Å²) in [6, 6.07) is 9.34. The fourth-order valence-electron chi connectivity index (χ4n) is 2.68. The average molecular weight is 263 g/mol. The third-order valence-electron chi connectivity index (χ3n) is 3.92. The van der Waals surface area contributed by atoms with Crippen molar-refractivity contribution in [3.8, 4) is 0 Å². The fraction of sp³-hybridized carbons (Fsp3) is 0.533. The summed E-state index contributed by atoms with van der Waals surface area (Å²) in [5.41, 5.74) is 0.118. The van der Waals surface area contributed by atoms with Crippen LogP contribution in [0.5, 0.6) is 0 Å². The Labute approximate surface area is 114 Å². The van der Waals surface area contributed by atoms with E-state index in [9.17, 15) is 9.90 Å². The van der Waals surface area contributed by atoms with Crippen molar-refractivity contribution in [2.45, 2.75) is 51.5 Å². The van der Waals surface area contributed by atoms with Crippen molar-refractivity contribution in [1.82, 2.24) is 4.90 Å². The summed E-state index contributed by atoms with van der Waals surface area (Å²) in [6.45, 7) is 5.81. The van der Waals surface area contributed by atoms with Crippen LogP contribution in [-0.4, -0.2) is 33.8 Å². The molecule has 1 aliphatic heterocycles. The Morgan fingerprint density at radius 2 is 2.05 bits per heavy atom. The van der Waals surface area contributed by atoms with Crippen molar-refractivity contribution in [2.24, 2.45) is 0 Å². The molecule has 1 fully saturated rings. The van der Waals surface area contributed by atoms with Crippen molar-refractivity contribution in [3.05, 3.63) is 35.9 Å². The molecule has 1 heterocycles. The van der Waals surface area contributed by atoms with Crippen LogP contribution in [0.25, 0.3) is 0 Å². The van der Waals surface area contributed by atoms with Crippen molar-refractivity contribution in [1.29, 1.82) is 0 Å². The number of aliphatic hydroxyl groups is 1. The van der Waals surface area contributed by atoms with E-state index in [2.05, 4.69) is 0 Å². The Morgan fingerprint density at radius 3 is 2.58 bits per heavy atom. The van der Waals surface area contributed by atoms with E-state index >= 15 is 0 Å². The summed E-state index contributed by atoms with van der Waals surface area (Å²) in [5, 5.41) is 10.2. The number of ether oxygens (including phenoxy) is 1. The molecule has 3 atom stereocenters. The maximum atomic E-state index is 12.1. The van der Waals surface area contributed by atoms with E-state index in [0.29, 0.717) is 6.42 Å². The van der Waals surface area contributed by atoms with Gasteiger partial charge in [0.15, 0.2) is 0 Å². The minimum absolute atomic E-state index is 0.00623. The average Bonchev–Trinajstić information content (AvgIpc) is 2.57. The van der Waals surface area contributed by atoms with Gasteiger partial charge in [0.1, 0.15) is 6.61 Å². The van der Waals surface area contributed by atoms with E-state index < -0.39 is 5.60 Å². The molecule has 0 unspecified atom stereocenters. The molecule has 0 aliphatic carbocycles. The van der Waals surface area contributed by atoms with Crippen LogP contribution in [0.3, 0.4) is 0 Å². The fourth-order valence-corrected chi connectivity index (χ4v) is 2.68. The minimum Gasteiger partial charge on any atom is -0.445 e. The SMILES string of the molecule is C[C@@H]1C[C@](C)(O)[C@H](C)N1C(=O)OCc1ccccc1. The van der Waals surface area contributed by atoms with E-state index in [0.717, 1.165) is 5.56 Å². The van der Waals surface area contributed by atoms with Crippen LogP contribution >= 0.6 is 0 Å². The lowest BCUT2D eigenvalue weighted by molar-refractivity contribution is 0.0214. The van der Waals surface area contributed by atoms with E-state index in [-0.39, 0.29) is 24.8 Å². The molecule has 1 aromatic rings. The molecule has 1 N–H and O–H groups in total. The van der Waals surface area contributed by atoms with Gasteiger partial charge in [0, 0.05) is 6.04 Å². The predicted octanol–water partition coefficient (Wildman–Crippen LogP) is 2.56. The van der Waals surface area contributed by atoms with E-state index in [1.54, 1.807) is 11.8 Å². The topological polar surface area (TPSA) is 49.8 Å². The lowest BCUT2D eigenvalue weighted by Crippen LogP contribution is -2.44. The van der Waals surface area contributed by atoms with Crippen molar-refractivity contribution >= 4 is 6.09 Å². The highest BCUT2D eigenvalue weighted by molar-refractivity contribution is 5.69. The highest BCUT2D eigenvalue weighted by atomic mass is 16.6. The van der Waals surface area contributed by atoms with E-state index in [1.165, 1.54) is 0 Å². The standard InChI is InChI=1S/C15H21NO3/c1-11-9-15(3,18)12(2)16(11)14(17)19-10-13-7-5-4-6-8-13/h4-8,11-12,18H,9-10H2,1-3H3/t11-,12+,15+/m1/s1. The molecule has 1 aliphatic rings. The van der Waals surface area contributed by atoms with Gasteiger partial charge in [0.2, 0.25) is 0 Å². The van der Waals surface area contributed by atoms with Crippen LogP contribution in [0.2, 0.25) is 0 Å². The predicted molar refractivity (Wildman–Crippen MR) is 72.6 cm³/mol. The molecule has 1 aromatic carbocycles. The smallest absolute Gasteiger partial charge is 0.410 e. The van der Waals surface area contributed by atoms with Crippen LogP contribution in [0, 0.1) is 0 Å². The third-order valence-corrected chi connectivity index (χ3v) is 3.92. The Balaban J connectivity index is 1.97. The van der Waals surface area contributed by atoms with Gasteiger partial charge in [-0.2, -0.15) is 0 Å². The highest BCUT2D eigenvalue weighted by Crippen LogP contribution is 2.33. The number of benzene rings is 1. The molecular formula is C15H21NO3. The van der Waals surface area contributed by atoms with Gasteiger partial charge in [-0.05, 0) is 32.8 Å². The molecule has 4 nitrogen and oxygen atoms in total. The number of carbonyl (C=O) groups excluding carboxylic acids is 1. The summed E-state index contributed by atoms with van der Waals surface area (Å²) >= 11 is 0. The minimum atomic E-state index is -0.842. The second kappa shape index (κ2) is 5.21. The number of hydrogen-bond acceptors (Lipinski definition) is 3. The lowest BCUT2D eigenvalue weighted by atomic mass is 9.97. The van der Waals surface area contributed by atoms with Gasteiger partial charge in [-0.15, -0.1) is 0 Å². The summed E-state index contributed by atoms with van der Waals surface area (Å²) < 4.78 is 5.32. The van der Waals surface area contributed by atoms with Gasteiger partial charge in [-0.25, -0.2) is 4.79 Å². The molecule has 0 saturated carbocycles. The molecule has 0 bridgehead atoms. The Bertz CT molecular complexity index is 444. The van der Waals surface area contributed by atoms with Gasteiger partial charge in [-0.1, -0.05) is 30.3 Å². The number of amides is 1. The molecule has 104 valence electrons. The summed E-state index contributed by atoms with van der Waals surface area (Å²) in [6.07, 6.45) is 0.218. The summed E-state index contributed by atoms with van der Waals surface area (Å²) in [7, 11) is 0. The quantitative estimate of drug-likeness (QED) is 0.892. The van der Waals surface area contributed by atoms with Crippen LogP contribution in [-0.2, 0) is 11.3 Å². The summed E-state index contributed by atoms with van der Waals surface area (Å²) in [4.78, 5) is 13.7. The first-order valence-corrected chi connectivity index (χ1v) is 6.63. The lowest BCUT2D eigenvalue weighted by Gasteiger charge is -2.28. The number of nitrogens with zero attached hydrogens (tertiary/aromatic N) is 1. The number of rotatable bonds is 2. The van der Waals surface area contributed by atoms with Gasteiger partial charge in [0.05, 0.1) is 11.6 Å². The summed E-state index contributed by atoms with van der Waals surface area (Å²) in [5.74, 6) is 0. The first-order chi connectivity index (χ1) is 8.92. The second-order valence-corrected chi connectivity index (χ2v) is 5.53. The zero-order valence-corrected chi connectivity index (χ0v) is 11.7. The van der Waals surface area contributed by atoms with Crippen molar-refractivity contribution in [2.75, 3.05) is 0 Å². The second-order valence-electron chi connectivity index (χ2n) is 5.53. The molecule has 1 amide bonds. The first kappa shape index (κ1) is 13.9. The normalized spacial score (nSPS) is 30.4. The Morgan fingerprint density at radius 1 is 1.42 bits per heavy atom. The first-order valence-electron chi connectivity index (χ1n) is 6.63. The van der Waals surface area contributed by atoms with Gasteiger partial charge in [0.25, 0.3) is 0 Å². The molecule has 2 rings (SSSR count). The van der Waals surface area contributed by atoms with E-state index in [4.69, 9.17) is 4.74 Å². The van der Waals surface area contributed by atoms with Crippen LogP contribution in [0.1, 0.15) is 32.8 Å². The van der Waals surface area contributed by atoms with Crippen molar-refractivity contribution in [3.63, 3.8) is 0 Å². The number of hydrogen-bond donors (Lipinski definition) is 1. The molecule has 0 aromatic heterocycles. The molecule has 4 heteroatoms.